The SMILES string of the molecule is CC(C)(N)CN(C(=O)O)C1(c2cccc(Br)c2)CC1. The molecular weight excluding hydrogens is 308 g/mol. The van der Waals surface area contributed by atoms with E-state index < -0.39 is 17.2 Å². The van der Waals surface area contributed by atoms with Gasteiger partial charge in [0.05, 0.1) is 5.54 Å². The third-order valence-electron chi connectivity index (χ3n) is 3.40. The van der Waals surface area contributed by atoms with Crippen LogP contribution < -0.4 is 5.73 Å². The van der Waals surface area contributed by atoms with Crippen LogP contribution in [0.4, 0.5) is 4.79 Å². The van der Waals surface area contributed by atoms with Crippen molar-refractivity contribution in [2.24, 2.45) is 5.73 Å². The smallest absolute Gasteiger partial charge is 0.408 e. The second-order valence-electron chi connectivity index (χ2n) is 5.90. The van der Waals surface area contributed by atoms with E-state index in [0.29, 0.717) is 6.54 Å². The van der Waals surface area contributed by atoms with Gasteiger partial charge in [0.2, 0.25) is 0 Å². The van der Waals surface area contributed by atoms with E-state index in [9.17, 15) is 9.90 Å². The minimum atomic E-state index is -0.906. The molecule has 0 heterocycles. The molecule has 0 aliphatic heterocycles. The van der Waals surface area contributed by atoms with Crippen molar-refractivity contribution in [1.82, 2.24) is 4.90 Å². The lowest BCUT2D eigenvalue weighted by atomic mass is 9.99. The quantitative estimate of drug-likeness (QED) is 0.893. The Labute approximate surface area is 121 Å². The Bertz CT molecular complexity index is 492. The van der Waals surface area contributed by atoms with Gasteiger partial charge in [0.1, 0.15) is 0 Å². The molecule has 0 radical (unpaired) electrons. The molecule has 1 aromatic rings. The van der Waals surface area contributed by atoms with Crippen LogP contribution in [0.5, 0.6) is 0 Å². The summed E-state index contributed by atoms with van der Waals surface area (Å²) in [7, 11) is 0. The number of nitrogens with zero attached hydrogens (tertiary/aromatic N) is 1. The van der Waals surface area contributed by atoms with E-state index in [0.717, 1.165) is 22.9 Å². The minimum absolute atomic E-state index is 0.328. The average Bonchev–Trinajstić information content (AvgIpc) is 3.05. The molecule has 5 heteroatoms. The Balaban J connectivity index is 2.33. The molecule has 1 saturated carbocycles. The van der Waals surface area contributed by atoms with Crippen LogP contribution in [0.3, 0.4) is 0 Å². The Morgan fingerprint density at radius 2 is 2.16 bits per heavy atom. The molecule has 1 aromatic carbocycles. The van der Waals surface area contributed by atoms with Crippen molar-refractivity contribution in [2.75, 3.05) is 6.54 Å². The molecule has 0 bridgehead atoms. The molecule has 4 nitrogen and oxygen atoms in total. The van der Waals surface area contributed by atoms with E-state index in [1.165, 1.54) is 4.90 Å². The molecule has 3 N–H and O–H groups in total. The lowest BCUT2D eigenvalue weighted by Crippen LogP contribution is -2.51. The summed E-state index contributed by atoms with van der Waals surface area (Å²) in [4.78, 5) is 13.1. The van der Waals surface area contributed by atoms with Crippen LogP contribution in [0.1, 0.15) is 32.3 Å². The molecule has 0 atom stereocenters. The molecule has 1 aliphatic rings. The van der Waals surface area contributed by atoms with Gasteiger partial charge in [0, 0.05) is 16.6 Å². The van der Waals surface area contributed by atoms with Crippen molar-refractivity contribution in [2.45, 2.75) is 37.8 Å². The molecular formula is C14H19BrN2O2. The monoisotopic (exact) mass is 326 g/mol. The van der Waals surface area contributed by atoms with E-state index in [1.54, 1.807) is 0 Å². The van der Waals surface area contributed by atoms with Crippen molar-refractivity contribution >= 4 is 22.0 Å². The predicted octanol–water partition coefficient (Wildman–Crippen LogP) is 3.16. The molecule has 19 heavy (non-hydrogen) atoms. The highest BCUT2D eigenvalue weighted by Gasteiger charge is 2.52. The van der Waals surface area contributed by atoms with Gasteiger partial charge < -0.3 is 10.8 Å². The minimum Gasteiger partial charge on any atom is -0.465 e. The standard InChI is InChI=1S/C14H19BrN2O2/c1-13(2,16)9-17(12(18)19)14(6-7-14)10-4-3-5-11(15)8-10/h3-5,8H,6-7,9,16H2,1-2H3,(H,18,19). The third-order valence-corrected chi connectivity index (χ3v) is 3.89. The zero-order valence-corrected chi connectivity index (χ0v) is 12.8. The maximum atomic E-state index is 11.6. The first-order valence-corrected chi connectivity index (χ1v) is 7.09. The van der Waals surface area contributed by atoms with Gasteiger partial charge in [-0.05, 0) is 44.4 Å². The first kappa shape index (κ1) is 14.3. The second-order valence-corrected chi connectivity index (χ2v) is 6.81. The zero-order valence-electron chi connectivity index (χ0n) is 11.2. The molecule has 0 saturated heterocycles. The number of nitrogens with two attached hydrogens (primary N) is 1. The van der Waals surface area contributed by atoms with Crippen LogP contribution in [-0.2, 0) is 5.54 Å². The number of hydrogen-bond donors (Lipinski definition) is 2. The first-order valence-electron chi connectivity index (χ1n) is 6.30. The van der Waals surface area contributed by atoms with E-state index in [2.05, 4.69) is 15.9 Å². The molecule has 2 rings (SSSR count). The van der Waals surface area contributed by atoms with Crippen molar-refractivity contribution in [3.8, 4) is 0 Å². The lowest BCUT2D eigenvalue weighted by molar-refractivity contribution is 0.104. The average molecular weight is 327 g/mol. The number of carbonyl (C=O) groups is 1. The fourth-order valence-electron chi connectivity index (χ4n) is 2.42. The van der Waals surface area contributed by atoms with E-state index in [-0.39, 0.29) is 0 Å². The zero-order chi connectivity index (χ0) is 14.3. The maximum absolute atomic E-state index is 11.6. The molecule has 104 valence electrons. The van der Waals surface area contributed by atoms with Crippen LogP contribution in [0, 0.1) is 0 Å². The summed E-state index contributed by atoms with van der Waals surface area (Å²) in [5.74, 6) is 0. The lowest BCUT2D eigenvalue weighted by Gasteiger charge is -2.35. The van der Waals surface area contributed by atoms with Crippen LogP contribution in [0.25, 0.3) is 0 Å². The Kier molecular flexibility index (Phi) is 3.62. The largest absolute Gasteiger partial charge is 0.465 e. The first-order chi connectivity index (χ1) is 8.74. The van der Waals surface area contributed by atoms with Gasteiger partial charge >= 0.3 is 6.09 Å². The van der Waals surface area contributed by atoms with Gasteiger partial charge in [0.25, 0.3) is 0 Å². The molecule has 1 aliphatic carbocycles. The third kappa shape index (κ3) is 3.09. The van der Waals surface area contributed by atoms with Crippen LogP contribution in [0.2, 0.25) is 0 Å². The molecule has 1 fully saturated rings. The molecule has 0 spiro atoms. The maximum Gasteiger partial charge on any atom is 0.408 e. The second kappa shape index (κ2) is 4.80. The van der Waals surface area contributed by atoms with Gasteiger partial charge in [-0.15, -0.1) is 0 Å². The number of hydrogen-bond acceptors (Lipinski definition) is 2. The van der Waals surface area contributed by atoms with Gasteiger partial charge in [-0.25, -0.2) is 4.79 Å². The summed E-state index contributed by atoms with van der Waals surface area (Å²) in [5.41, 5.74) is 6.09. The summed E-state index contributed by atoms with van der Waals surface area (Å²) in [5, 5.41) is 9.50. The van der Waals surface area contributed by atoms with E-state index in [1.807, 2.05) is 38.1 Å². The van der Waals surface area contributed by atoms with Gasteiger partial charge in [0.15, 0.2) is 0 Å². The summed E-state index contributed by atoms with van der Waals surface area (Å²) in [6.45, 7) is 4.02. The highest BCUT2D eigenvalue weighted by atomic mass is 79.9. The van der Waals surface area contributed by atoms with E-state index in [4.69, 9.17) is 5.73 Å². The molecule has 1 amide bonds. The molecule has 0 unspecified atom stereocenters. The van der Waals surface area contributed by atoms with Crippen molar-refractivity contribution in [1.29, 1.82) is 0 Å². The van der Waals surface area contributed by atoms with Gasteiger partial charge in [-0.1, -0.05) is 28.1 Å². The van der Waals surface area contributed by atoms with Crippen LogP contribution in [0.15, 0.2) is 28.7 Å². The van der Waals surface area contributed by atoms with Crippen molar-refractivity contribution in [3.63, 3.8) is 0 Å². The highest BCUT2D eigenvalue weighted by molar-refractivity contribution is 9.10. The Hall–Kier alpha value is -1.07. The van der Waals surface area contributed by atoms with E-state index >= 15 is 0 Å². The summed E-state index contributed by atoms with van der Waals surface area (Å²) in [6, 6.07) is 7.86. The fraction of sp³-hybridized carbons (Fsp3) is 0.500. The van der Waals surface area contributed by atoms with Crippen molar-refractivity contribution in [3.05, 3.63) is 34.3 Å². The number of amides is 1. The number of rotatable bonds is 4. The summed E-state index contributed by atoms with van der Waals surface area (Å²) < 4.78 is 0.966. The topological polar surface area (TPSA) is 66.6 Å². The number of carboxylic acid groups (broad SMARTS) is 1. The van der Waals surface area contributed by atoms with Crippen molar-refractivity contribution < 1.29 is 9.90 Å². The highest BCUT2D eigenvalue weighted by Crippen LogP contribution is 2.51. The normalized spacial score (nSPS) is 17.1. The molecule has 0 aromatic heterocycles. The summed E-state index contributed by atoms with van der Waals surface area (Å²) in [6.07, 6.45) is 0.800. The Morgan fingerprint density at radius 3 is 2.58 bits per heavy atom. The van der Waals surface area contributed by atoms with Crippen LogP contribution >= 0.6 is 15.9 Å². The van der Waals surface area contributed by atoms with Gasteiger partial charge in [-0.3, -0.25) is 4.90 Å². The van der Waals surface area contributed by atoms with Crippen LogP contribution in [-0.4, -0.2) is 28.2 Å². The predicted molar refractivity (Wildman–Crippen MR) is 78.1 cm³/mol. The summed E-state index contributed by atoms with van der Waals surface area (Å²) >= 11 is 3.44. The Morgan fingerprint density at radius 1 is 1.53 bits per heavy atom. The number of benzene rings is 1. The van der Waals surface area contributed by atoms with Gasteiger partial charge in [-0.2, -0.15) is 0 Å². The number of halogens is 1. The fourth-order valence-corrected chi connectivity index (χ4v) is 2.82.